The third-order valence-electron chi connectivity index (χ3n) is 4.75. The van der Waals surface area contributed by atoms with Crippen LogP contribution in [0.1, 0.15) is 45.2 Å². The predicted molar refractivity (Wildman–Crippen MR) is 73.7 cm³/mol. The summed E-state index contributed by atoms with van der Waals surface area (Å²) in [5.74, 6) is 1.81. The minimum atomic E-state index is 0.215. The molecule has 18 heavy (non-hydrogen) atoms. The van der Waals surface area contributed by atoms with Crippen molar-refractivity contribution in [2.75, 3.05) is 20.1 Å². The topological polar surface area (TPSA) is 21.1 Å². The molecule has 0 radical (unpaired) electrons. The van der Waals surface area contributed by atoms with E-state index < -0.39 is 0 Å². The number of rotatable bonds is 1. The zero-order chi connectivity index (χ0) is 12.9. The first-order chi connectivity index (χ1) is 8.43. The first-order valence-corrected chi connectivity index (χ1v) is 7.16. The van der Waals surface area contributed by atoms with Crippen LogP contribution < -0.4 is 0 Å². The molecule has 3 rings (SSSR count). The minimum absolute atomic E-state index is 0.215. The molecule has 3 nitrogen and oxygen atoms in total. The van der Waals surface area contributed by atoms with Gasteiger partial charge < -0.3 is 4.90 Å². The largest absolute Gasteiger partial charge is 0.306 e. The maximum absolute atomic E-state index is 4.61. The molecule has 100 valence electrons. The molecule has 1 unspecified atom stereocenters. The Balaban J connectivity index is 1.72. The number of likely N-dealkylation sites (tertiary alicyclic amines) is 1. The second kappa shape index (κ2) is 4.09. The highest BCUT2D eigenvalue weighted by atomic mass is 15.3. The summed E-state index contributed by atoms with van der Waals surface area (Å²) in [5.41, 5.74) is 1.57. The summed E-state index contributed by atoms with van der Waals surface area (Å²) in [6, 6.07) is 0.643. The van der Waals surface area contributed by atoms with E-state index in [4.69, 9.17) is 0 Å². The normalized spacial score (nSPS) is 33.0. The molecule has 1 saturated heterocycles. The van der Waals surface area contributed by atoms with Gasteiger partial charge in [-0.3, -0.25) is 4.68 Å². The lowest BCUT2D eigenvalue weighted by atomic mass is 9.90. The molecule has 2 fully saturated rings. The number of fused-ring (bicyclic) bond motifs is 1. The van der Waals surface area contributed by atoms with E-state index in [9.17, 15) is 0 Å². The lowest BCUT2D eigenvalue weighted by Gasteiger charge is -2.17. The molecule has 0 spiro atoms. The van der Waals surface area contributed by atoms with Crippen molar-refractivity contribution < 1.29 is 0 Å². The first kappa shape index (κ1) is 12.2. The Bertz CT molecular complexity index is 415. The van der Waals surface area contributed by atoms with Crippen molar-refractivity contribution >= 4 is 0 Å². The van der Waals surface area contributed by atoms with Gasteiger partial charge in [-0.1, -0.05) is 20.8 Å². The highest BCUT2D eigenvalue weighted by molar-refractivity contribution is 5.15. The van der Waals surface area contributed by atoms with Crippen LogP contribution in [0.3, 0.4) is 0 Å². The molecule has 1 saturated carbocycles. The summed E-state index contributed by atoms with van der Waals surface area (Å²) in [5, 5.41) is 4.61. The van der Waals surface area contributed by atoms with Crippen LogP contribution in [-0.4, -0.2) is 34.8 Å². The zero-order valence-corrected chi connectivity index (χ0v) is 12.1. The van der Waals surface area contributed by atoms with Crippen molar-refractivity contribution in [2.45, 2.75) is 45.1 Å². The fourth-order valence-corrected chi connectivity index (χ4v) is 3.64. The van der Waals surface area contributed by atoms with Crippen LogP contribution in [0.4, 0.5) is 0 Å². The number of hydrogen-bond donors (Lipinski definition) is 0. The molecule has 1 aromatic heterocycles. The average molecular weight is 247 g/mol. The predicted octanol–water partition coefficient (Wildman–Crippen LogP) is 2.69. The van der Waals surface area contributed by atoms with Crippen LogP contribution in [0.2, 0.25) is 0 Å². The molecule has 1 aromatic rings. The molecule has 3 atom stereocenters. The van der Waals surface area contributed by atoms with E-state index in [1.165, 1.54) is 31.5 Å². The maximum Gasteiger partial charge on any atom is 0.0527 e. The zero-order valence-electron chi connectivity index (χ0n) is 12.1. The van der Waals surface area contributed by atoms with Crippen LogP contribution in [-0.2, 0) is 5.41 Å². The van der Waals surface area contributed by atoms with Crippen molar-refractivity contribution in [1.82, 2.24) is 14.7 Å². The monoisotopic (exact) mass is 247 g/mol. The van der Waals surface area contributed by atoms with Gasteiger partial charge in [-0.05, 0) is 42.7 Å². The highest BCUT2D eigenvalue weighted by Crippen LogP contribution is 2.43. The number of nitrogens with zero attached hydrogens (tertiary/aromatic N) is 3. The van der Waals surface area contributed by atoms with Gasteiger partial charge in [-0.2, -0.15) is 5.10 Å². The van der Waals surface area contributed by atoms with Gasteiger partial charge in [0.25, 0.3) is 0 Å². The van der Waals surface area contributed by atoms with Crippen LogP contribution in [0.5, 0.6) is 0 Å². The molecule has 2 heterocycles. The van der Waals surface area contributed by atoms with E-state index in [2.05, 4.69) is 54.9 Å². The van der Waals surface area contributed by atoms with Crippen molar-refractivity contribution in [3.63, 3.8) is 0 Å². The van der Waals surface area contributed by atoms with E-state index in [1.54, 1.807) is 0 Å². The third-order valence-corrected chi connectivity index (χ3v) is 4.75. The molecule has 0 N–H and O–H groups in total. The lowest BCUT2D eigenvalue weighted by Crippen LogP contribution is -2.18. The van der Waals surface area contributed by atoms with Crippen molar-refractivity contribution in [2.24, 2.45) is 11.8 Å². The van der Waals surface area contributed by atoms with Gasteiger partial charge in [0.1, 0.15) is 0 Å². The number of hydrogen-bond acceptors (Lipinski definition) is 2. The standard InChI is InChI=1S/C15H25N3/c1-15(2,3)13-7-16-18(10-13)14-5-11-8-17(4)9-12(11)6-14/h7,10-12,14H,5-6,8-9H2,1-4H3/t11-,12+,14?. The Labute approximate surface area is 110 Å². The van der Waals surface area contributed by atoms with Crippen molar-refractivity contribution in [3.8, 4) is 0 Å². The molecule has 3 heteroatoms. The van der Waals surface area contributed by atoms with Gasteiger partial charge in [-0.15, -0.1) is 0 Å². The Kier molecular flexibility index (Phi) is 2.77. The Hall–Kier alpha value is -0.830. The van der Waals surface area contributed by atoms with E-state index in [0.29, 0.717) is 6.04 Å². The first-order valence-electron chi connectivity index (χ1n) is 7.16. The van der Waals surface area contributed by atoms with E-state index in [0.717, 1.165) is 11.8 Å². The average Bonchev–Trinajstić information content (AvgIpc) is 2.86. The van der Waals surface area contributed by atoms with Crippen LogP contribution in [0.15, 0.2) is 12.4 Å². The van der Waals surface area contributed by atoms with Crippen LogP contribution in [0.25, 0.3) is 0 Å². The van der Waals surface area contributed by atoms with E-state index in [1.807, 2.05) is 0 Å². The smallest absolute Gasteiger partial charge is 0.0527 e. The van der Waals surface area contributed by atoms with Crippen LogP contribution in [0, 0.1) is 11.8 Å². The van der Waals surface area contributed by atoms with Crippen molar-refractivity contribution in [1.29, 1.82) is 0 Å². The van der Waals surface area contributed by atoms with Crippen LogP contribution >= 0.6 is 0 Å². The summed E-state index contributed by atoms with van der Waals surface area (Å²) >= 11 is 0. The second-order valence-corrected chi connectivity index (χ2v) is 7.33. The van der Waals surface area contributed by atoms with Gasteiger partial charge in [-0.25, -0.2) is 0 Å². The fourth-order valence-electron chi connectivity index (χ4n) is 3.64. The molecule has 1 aliphatic carbocycles. The van der Waals surface area contributed by atoms with Gasteiger partial charge >= 0.3 is 0 Å². The molecular formula is C15H25N3. The van der Waals surface area contributed by atoms with E-state index in [-0.39, 0.29) is 5.41 Å². The Morgan fingerprint density at radius 1 is 1.17 bits per heavy atom. The number of aromatic nitrogens is 2. The fraction of sp³-hybridized carbons (Fsp3) is 0.800. The third kappa shape index (κ3) is 2.09. The lowest BCUT2D eigenvalue weighted by molar-refractivity contribution is 0.342. The van der Waals surface area contributed by atoms with Gasteiger partial charge in [0, 0.05) is 19.3 Å². The van der Waals surface area contributed by atoms with Gasteiger partial charge in [0.15, 0.2) is 0 Å². The minimum Gasteiger partial charge on any atom is -0.306 e. The summed E-state index contributed by atoms with van der Waals surface area (Å²) in [4.78, 5) is 2.48. The molecule has 1 aliphatic heterocycles. The van der Waals surface area contributed by atoms with E-state index >= 15 is 0 Å². The molecule has 0 aromatic carbocycles. The van der Waals surface area contributed by atoms with Gasteiger partial charge in [0.2, 0.25) is 0 Å². The second-order valence-electron chi connectivity index (χ2n) is 7.33. The quantitative estimate of drug-likeness (QED) is 0.761. The molecule has 0 amide bonds. The van der Waals surface area contributed by atoms with Crippen molar-refractivity contribution in [3.05, 3.63) is 18.0 Å². The summed E-state index contributed by atoms with van der Waals surface area (Å²) in [6.07, 6.45) is 6.97. The SMILES string of the molecule is CN1C[C@H]2CC(n3cc(C(C)(C)C)cn3)C[C@H]2C1. The Morgan fingerprint density at radius 3 is 2.28 bits per heavy atom. The van der Waals surface area contributed by atoms with Gasteiger partial charge in [0.05, 0.1) is 12.2 Å². The molecular weight excluding hydrogens is 222 g/mol. The molecule has 2 aliphatic rings. The Morgan fingerprint density at radius 2 is 1.78 bits per heavy atom. The summed E-state index contributed by atoms with van der Waals surface area (Å²) in [6.45, 7) is 9.34. The maximum atomic E-state index is 4.61. The highest BCUT2D eigenvalue weighted by Gasteiger charge is 2.40. The molecule has 0 bridgehead atoms. The summed E-state index contributed by atoms with van der Waals surface area (Å²) in [7, 11) is 2.25. The summed E-state index contributed by atoms with van der Waals surface area (Å²) < 4.78 is 2.24.